The molecule has 1 N–H and O–H groups in total. The van der Waals surface area contributed by atoms with Crippen LogP contribution in [0, 0.1) is 11.6 Å². The average molecular weight is 596 g/mol. The van der Waals surface area contributed by atoms with Crippen LogP contribution in [0.15, 0.2) is 72.8 Å². The second-order valence-corrected chi connectivity index (χ2v) is 13.0. The van der Waals surface area contributed by atoms with Crippen molar-refractivity contribution in [1.82, 2.24) is 9.62 Å². The van der Waals surface area contributed by atoms with Gasteiger partial charge in [0.1, 0.15) is 11.8 Å². The second kappa shape index (κ2) is 11.4. The molecule has 0 aromatic heterocycles. The fourth-order valence-electron chi connectivity index (χ4n) is 5.91. The molecule has 2 fully saturated rings. The lowest BCUT2D eigenvalue weighted by molar-refractivity contribution is -0.138. The largest absolute Gasteiger partial charge is 0.491 e. The number of fused-ring (bicyclic) bond motifs is 1. The molecule has 11 heteroatoms. The molecule has 2 amide bonds. The molecule has 42 heavy (non-hydrogen) atoms. The molecule has 0 radical (unpaired) electrons. The first kappa shape index (κ1) is 28.1. The summed E-state index contributed by atoms with van der Waals surface area (Å²) in [6, 6.07) is 18.9. The highest BCUT2D eigenvalue weighted by molar-refractivity contribution is 7.90. The quantitative estimate of drug-likeness (QED) is 0.444. The fourth-order valence-corrected chi connectivity index (χ4v) is 7.25. The monoisotopic (exact) mass is 595 g/mol. The summed E-state index contributed by atoms with van der Waals surface area (Å²) >= 11 is 0. The number of benzene rings is 3. The van der Waals surface area contributed by atoms with Gasteiger partial charge in [-0.3, -0.25) is 14.3 Å². The molecule has 2 aliphatic heterocycles. The highest BCUT2D eigenvalue weighted by atomic mass is 32.2. The van der Waals surface area contributed by atoms with E-state index in [9.17, 15) is 26.8 Å². The summed E-state index contributed by atoms with van der Waals surface area (Å²) in [7, 11) is -3.87. The molecule has 2 heterocycles. The summed E-state index contributed by atoms with van der Waals surface area (Å²) in [5.41, 5.74) is 1.79. The van der Waals surface area contributed by atoms with Crippen LogP contribution in [0.3, 0.4) is 0 Å². The van der Waals surface area contributed by atoms with E-state index in [4.69, 9.17) is 4.74 Å². The van der Waals surface area contributed by atoms with Crippen molar-refractivity contribution in [2.45, 2.75) is 48.9 Å². The molecule has 2 atom stereocenters. The topological polar surface area (TPSA) is 96.0 Å². The Bertz CT molecular complexity index is 1550. The van der Waals surface area contributed by atoms with Gasteiger partial charge in [-0.2, -0.15) is 0 Å². The Hall–Kier alpha value is -3.99. The van der Waals surface area contributed by atoms with Crippen molar-refractivity contribution >= 4 is 27.5 Å². The normalized spacial score (nSPS) is 20.5. The van der Waals surface area contributed by atoms with Crippen LogP contribution < -0.4 is 14.4 Å². The number of hydrogen-bond donors (Lipinski definition) is 1. The summed E-state index contributed by atoms with van der Waals surface area (Å²) in [5, 5.41) is -0.614. The molecule has 1 saturated carbocycles. The Labute approximate surface area is 243 Å². The van der Waals surface area contributed by atoms with E-state index in [1.165, 1.54) is 4.90 Å². The Morgan fingerprint density at radius 3 is 2.17 bits per heavy atom. The number of carbonyl (C=O) groups excluding carboxylic acids is 2. The van der Waals surface area contributed by atoms with Crippen molar-refractivity contribution in [3.63, 3.8) is 0 Å². The maximum atomic E-state index is 14.5. The van der Waals surface area contributed by atoms with Crippen LogP contribution in [0.5, 0.6) is 5.75 Å². The Morgan fingerprint density at radius 1 is 0.929 bits per heavy atom. The minimum Gasteiger partial charge on any atom is -0.491 e. The van der Waals surface area contributed by atoms with Crippen LogP contribution in [0.4, 0.5) is 14.5 Å². The van der Waals surface area contributed by atoms with Crippen molar-refractivity contribution in [1.29, 1.82) is 0 Å². The van der Waals surface area contributed by atoms with Crippen molar-refractivity contribution in [3.05, 3.63) is 95.6 Å². The van der Waals surface area contributed by atoms with Gasteiger partial charge >= 0.3 is 0 Å². The van der Waals surface area contributed by atoms with Crippen molar-refractivity contribution in [2.75, 3.05) is 24.6 Å². The molecule has 8 nitrogen and oxygen atoms in total. The number of amides is 2. The van der Waals surface area contributed by atoms with Gasteiger partial charge in [0.05, 0.1) is 23.5 Å². The molecule has 1 unspecified atom stereocenters. The van der Waals surface area contributed by atoms with E-state index in [2.05, 4.69) is 4.72 Å². The highest BCUT2D eigenvalue weighted by Gasteiger charge is 2.47. The zero-order valence-corrected chi connectivity index (χ0v) is 23.6. The first-order valence-electron chi connectivity index (χ1n) is 14.1. The molecule has 3 aromatic carbocycles. The molecule has 3 aliphatic rings. The van der Waals surface area contributed by atoms with Gasteiger partial charge in [0, 0.05) is 31.3 Å². The molecule has 0 bridgehead atoms. The number of hydrogen-bond acceptors (Lipinski definition) is 6. The van der Waals surface area contributed by atoms with E-state index in [1.54, 1.807) is 0 Å². The van der Waals surface area contributed by atoms with Gasteiger partial charge in [0.2, 0.25) is 15.9 Å². The number of sulfonamides is 1. The van der Waals surface area contributed by atoms with Gasteiger partial charge in [0.25, 0.3) is 5.91 Å². The number of nitrogens with one attached hydrogen (secondary N) is 1. The van der Waals surface area contributed by atoms with Crippen LogP contribution in [-0.4, -0.2) is 62.2 Å². The number of carbonyl (C=O) groups is 2. The minimum atomic E-state index is -3.87. The second-order valence-electron chi connectivity index (χ2n) is 11.0. The summed E-state index contributed by atoms with van der Waals surface area (Å²) in [6.07, 6.45) is 1.61. The minimum absolute atomic E-state index is 0.0784. The lowest BCUT2D eigenvalue weighted by Gasteiger charge is -2.31. The van der Waals surface area contributed by atoms with Crippen LogP contribution in [0.1, 0.15) is 42.7 Å². The van der Waals surface area contributed by atoms with Crippen molar-refractivity contribution in [3.8, 4) is 5.75 Å². The number of nitrogens with zero attached hydrogens (tertiary/aromatic N) is 2. The Morgan fingerprint density at radius 2 is 1.55 bits per heavy atom. The van der Waals surface area contributed by atoms with E-state index >= 15 is 0 Å². The number of likely N-dealkylation sites (tertiary alicyclic amines) is 1. The van der Waals surface area contributed by atoms with Crippen LogP contribution in [-0.2, 0) is 19.6 Å². The summed E-state index contributed by atoms with van der Waals surface area (Å²) in [4.78, 5) is 31.3. The zero-order chi connectivity index (χ0) is 29.4. The number of halogens is 2. The molecule has 220 valence electrons. The Balaban J connectivity index is 1.38. The average Bonchev–Trinajstić information content (AvgIpc) is 3.78. The summed E-state index contributed by atoms with van der Waals surface area (Å²) in [6.45, 7) is 0.785. The summed E-state index contributed by atoms with van der Waals surface area (Å²) < 4.78 is 61.9. The first-order chi connectivity index (χ1) is 20.2. The molecule has 3 aromatic rings. The highest BCUT2D eigenvalue weighted by Crippen LogP contribution is 2.39. The third-order valence-corrected chi connectivity index (χ3v) is 9.97. The third-order valence-electron chi connectivity index (χ3n) is 8.14. The SMILES string of the molecule is O=C(NS(=O)(=O)C1CC1)[C@@H]1CC(N2CCCOc3cc(F)c(F)cc32)CN1C(=O)C(c1ccccc1)c1ccccc1. The number of rotatable bonds is 7. The number of anilines is 1. The smallest absolute Gasteiger partial charge is 0.256 e. The zero-order valence-electron chi connectivity index (χ0n) is 22.8. The van der Waals surface area contributed by atoms with Gasteiger partial charge in [-0.25, -0.2) is 17.2 Å². The molecule has 1 aliphatic carbocycles. The lowest BCUT2D eigenvalue weighted by atomic mass is 9.90. The van der Waals surface area contributed by atoms with Crippen LogP contribution >= 0.6 is 0 Å². The van der Waals surface area contributed by atoms with E-state index in [-0.39, 0.29) is 31.2 Å². The van der Waals surface area contributed by atoms with Crippen LogP contribution in [0.25, 0.3) is 0 Å². The van der Waals surface area contributed by atoms with Gasteiger partial charge < -0.3 is 14.5 Å². The fraction of sp³-hybridized carbons (Fsp3) is 0.355. The predicted octanol–water partition coefficient (Wildman–Crippen LogP) is 3.96. The van der Waals surface area contributed by atoms with Crippen LogP contribution in [0.2, 0.25) is 0 Å². The standard InChI is InChI=1S/C31H31F2N3O5S/c32-24-17-26-28(18-25(24)33)41-15-7-14-35(26)22-16-27(30(37)34-42(39,40)23-12-13-23)36(19-22)31(38)29(20-8-3-1-4-9-20)21-10-5-2-6-11-21/h1-6,8-11,17-18,22-23,27,29H,7,12-16,19H2,(H,34,37)/t22?,27-/m0/s1. The molecular formula is C31H31F2N3O5S. The van der Waals surface area contributed by atoms with Gasteiger partial charge in [-0.15, -0.1) is 0 Å². The molecular weight excluding hydrogens is 564 g/mol. The third kappa shape index (κ3) is 5.57. The maximum Gasteiger partial charge on any atom is 0.256 e. The van der Waals surface area contributed by atoms with E-state index in [1.807, 2.05) is 65.6 Å². The predicted molar refractivity (Wildman–Crippen MR) is 153 cm³/mol. The van der Waals surface area contributed by atoms with E-state index < -0.39 is 50.8 Å². The van der Waals surface area contributed by atoms with E-state index in [0.717, 1.165) is 23.3 Å². The Kier molecular flexibility index (Phi) is 7.61. The van der Waals surface area contributed by atoms with Crippen molar-refractivity contribution < 1.29 is 31.5 Å². The molecule has 0 spiro atoms. The van der Waals surface area contributed by atoms with Crippen molar-refractivity contribution in [2.24, 2.45) is 0 Å². The first-order valence-corrected chi connectivity index (χ1v) is 15.6. The van der Waals surface area contributed by atoms with Gasteiger partial charge in [-0.1, -0.05) is 60.7 Å². The molecule has 6 rings (SSSR count). The maximum absolute atomic E-state index is 14.5. The van der Waals surface area contributed by atoms with Gasteiger partial charge in [0.15, 0.2) is 11.6 Å². The lowest BCUT2D eigenvalue weighted by Crippen LogP contribution is -2.49. The van der Waals surface area contributed by atoms with Gasteiger partial charge in [-0.05, 0) is 36.8 Å². The molecule has 1 saturated heterocycles. The summed E-state index contributed by atoms with van der Waals surface area (Å²) in [5.74, 6) is -3.75. The van der Waals surface area contributed by atoms with E-state index in [0.29, 0.717) is 31.5 Å². The number of ether oxygens (including phenoxy) is 1.